The summed E-state index contributed by atoms with van der Waals surface area (Å²) in [6.45, 7) is 0. The maximum atomic E-state index is 12.5. The first kappa shape index (κ1) is 7.47. The molecule has 10 heavy (non-hydrogen) atoms. The van der Waals surface area contributed by atoms with Crippen molar-refractivity contribution in [1.29, 1.82) is 0 Å². The van der Waals surface area contributed by atoms with Crippen molar-refractivity contribution in [2.24, 2.45) is 0 Å². The Bertz CT molecular complexity index is 239. The Hall–Kier alpha value is -0.640. The van der Waals surface area contributed by atoms with E-state index in [2.05, 4.69) is 20.5 Å². The summed E-state index contributed by atoms with van der Waals surface area (Å²) < 4.78 is 27.2. The third kappa shape index (κ3) is 1.44. The number of benzene rings is 1. The number of hydrogen-bond donors (Lipinski definition) is 1. The van der Waals surface area contributed by atoms with Crippen LogP contribution in [0.15, 0.2) is 18.2 Å². The van der Waals surface area contributed by atoms with Crippen LogP contribution in [0.1, 0.15) is 0 Å². The van der Waals surface area contributed by atoms with Crippen molar-refractivity contribution in [3.05, 3.63) is 29.8 Å². The highest BCUT2D eigenvalue weighted by Gasteiger charge is 1.99. The van der Waals surface area contributed by atoms with Gasteiger partial charge in [-0.2, -0.15) is 0 Å². The van der Waals surface area contributed by atoms with Crippen molar-refractivity contribution in [3.8, 4) is 0 Å². The summed E-state index contributed by atoms with van der Waals surface area (Å²) in [5.74, 6) is -0.957. The minimum absolute atomic E-state index is 0.0972. The predicted molar refractivity (Wildman–Crippen MR) is 38.9 cm³/mol. The van der Waals surface area contributed by atoms with Crippen molar-refractivity contribution in [2.75, 3.05) is 4.34 Å². The second-order valence-corrected chi connectivity index (χ2v) is 2.12. The molecule has 1 nitrogen and oxygen atoms in total. The quantitative estimate of drug-likeness (QED) is 0.699. The molecule has 0 spiro atoms. The lowest BCUT2D eigenvalue weighted by Crippen LogP contribution is -1.86. The van der Waals surface area contributed by atoms with E-state index < -0.39 is 11.6 Å². The molecule has 0 aliphatic rings. The fourth-order valence-electron chi connectivity index (χ4n) is 0.570. The van der Waals surface area contributed by atoms with E-state index in [9.17, 15) is 8.78 Å². The summed E-state index contributed by atoms with van der Waals surface area (Å²) in [5, 5.41) is 0. The Morgan fingerprint density at radius 3 is 2.50 bits per heavy atom. The maximum absolute atomic E-state index is 12.5. The highest BCUT2D eigenvalue weighted by Crippen LogP contribution is 2.15. The standard InChI is InChI=1S/C6H4BrF2N/c7-10-6-3-4(8)1-2-5(6)9/h1-3,10H. The monoisotopic (exact) mass is 207 g/mol. The van der Waals surface area contributed by atoms with Crippen LogP contribution < -0.4 is 4.34 Å². The molecule has 0 aliphatic heterocycles. The van der Waals surface area contributed by atoms with E-state index in [0.29, 0.717) is 0 Å². The fraction of sp³-hybridized carbons (Fsp3) is 0. The third-order valence-electron chi connectivity index (χ3n) is 1.03. The van der Waals surface area contributed by atoms with Crippen LogP contribution in [0.5, 0.6) is 0 Å². The van der Waals surface area contributed by atoms with Gasteiger partial charge in [0.2, 0.25) is 0 Å². The SMILES string of the molecule is Fc1ccc(F)c(NBr)c1. The fourth-order valence-corrected chi connectivity index (χ4v) is 0.874. The molecule has 0 atom stereocenters. The lowest BCUT2D eigenvalue weighted by molar-refractivity contribution is 0.604. The minimum atomic E-state index is -0.488. The normalized spacial score (nSPS) is 9.50. The summed E-state index contributed by atoms with van der Waals surface area (Å²) in [5.41, 5.74) is 0.0972. The van der Waals surface area contributed by atoms with Gasteiger partial charge >= 0.3 is 0 Å². The van der Waals surface area contributed by atoms with Crippen LogP contribution in [0.25, 0.3) is 0 Å². The molecule has 0 unspecified atom stereocenters. The number of anilines is 1. The molecule has 0 radical (unpaired) electrons. The number of hydrogen-bond acceptors (Lipinski definition) is 1. The first-order chi connectivity index (χ1) is 4.74. The predicted octanol–water partition coefficient (Wildman–Crippen LogP) is 2.69. The van der Waals surface area contributed by atoms with Crippen LogP contribution >= 0.6 is 16.1 Å². The summed E-state index contributed by atoms with van der Waals surface area (Å²) in [4.78, 5) is 0. The molecule has 54 valence electrons. The number of nitrogens with one attached hydrogen (secondary N) is 1. The van der Waals surface area contributed by atoms with Gasteiger partial charge in [0, 0.05) is 22.2 Å². The average Bonchev–Trinajstić information content (AvgIpc) is 1.94. The van der Waals surface area contributed by atoms with Gasteiger partial charge in [0.1, 0.15) is 11.6 Å². The number of halogens is 3. The van der Waals surface area contributed by atoms with Gasteiger partial charge in [0.25, 0.3) is 0 Å². The topological polar surface area (TPSA) is 12.0 Å². The van der Waals surface area contributed by atoms with Gasteiger partial charge < -0.3 is 4.34 Å². The van der Waals surface area contributed by atoms with Crippen molar-refractivity contribution in [3.63, 3.8) is 0 Å². The molecule has 0 aliphatic carbocycles. The second kappa shape index (κ2) is 2.96. The van der Waals surface area contributed by atoms with Gasteiger partial charge in [-0.25, -0.2) is 8.78 Å². The molecule has 1 aromatic carbocycles. The maximum Gasteiger partial charge on any atom is 0.147 e. The van der Waals surface area contributed by atoms with E-state index >= 15 is 0 Å². The van der Waals surface area contributed by atoms with Crippen LogP contribution in [0.2, 0.25) is 0 Å². The lowest BCUT2D eigenvalue weighted by atomic mass is 10.3. The molecule has 1 aromatic rings. The minimum Gasteiger partial charge on any atom is -0.320 e. The Kier molecular flexibility index (Phi) is 2.21. The van der Waals surface area contributed by atoms with Crippen molar-refractivity contribution in [1.82, 2.24) is 0 Å². The van der Waals surface area contributed by atoms with E-state index in [1.807, 2.05) is 0 Å². The molecule has 0 saturated heterocycles. The Morgan fingerprint density at radius 1 is 1.30 bits per heavy atom. The largest absolute Gasteiger partial charge is 0.320 e. The zero-order chi connectivity index (χ0) is 7.56. The van der Waals surface area contributed by atoms with Crippen molar-refractivity contribution < 1.29 is 8.78 Å². The summed E-state index contributed by atoms with van der Waals surface area (Å²) in [6, 6.07) is 3.17. The Labute approximate surface area is 65.4 Å². The van der Waals surface area contributed by atoms with Crippen LogP contribution in [0, 0.1) is 11.6 Å². The van der Waals surface area contributed by atoms with Gasteiger partial charge in [0.05, 0.1) is 5.69 Å². The summed E-state index contributed by atoms with van der Waals surface area (Å²) in [6.07, 6.45) is 0. The smallest absolute Gasteiger partial charge is 0.147 e. The van der Waals surface area contributed by atoms with E-state index in [1.165, 1.54) is 0 Å². The highest BCUT2D eigenvalue weighted by molar-refractivity contribution is 9.10. The molecule has 0 fully saturated rings. The molecule has 0 saturated carbocycles. The summed E-state index contributed by atoms with van der Waals surface area (Å²) in [7, 11) is 0. The van der Waals surface area contributed by atoms with E-state index in [0.717, 1.165) is 18.2 Å². The molecule has 0 heterocycles. The third-order valence-corrected chi connectivity index (χ3v) is 1.46. The number of rotatable bonds is 1. The van der Waals surface area contributed by atoms with Gasteiger partial charge in [-0.1, -0.05) is 0 Å². The molecule has 1 N–H and O–H groups in total. The van der Waals surface area contributed by atoms with E-state index in [-0.39, 0.29) is 5.69 Å². The Morgan fingerprint density at radius 2 is 2.00 bits per heavy atom. The average molecular weight is 208 g/mol. The highest BCUT2D eigenvalue weighted by atomic mass is 79.9. The first-order valence-electron chi connectivity index (χ1n) is 2.55. The Balaban J connectivity index is 3.09. The zero-order valence-electron chi connectivity index (χ0n) is 4.87. The molecule has 0 aromatic heterocycles. The second-order valence-electron chi connectivity index (χ2n) is 1.72. The molecule has 4 heteroatoms. The molecular weight excluding hydrogens is 204 g/mol. The van der Waals surface area contributed by atoms with E-state index in [1.54, 1.807) is 0 Å². The van der Waals surface area contributed by atoms with Gasteiger partial charge in [-0.15, -0.1) is 0 Å². The van der Waals surface area contributed by atoms with Crippen molar-refractivity contribution >= 4 is 21.8 Å². The lowest BCUT2D eigenvalue weighted by Gasteiger charge is -1.97. The van der Waals surface area contributed by atoms with Crippen LogP contribution in [-0.4, -0.2) is 0 Å². The molecule has 0 bridgehead atoms. The molecular formula is C6H4BrF2N. The van der Waals surface area contributed by atoms with E-state index in [4.69, 9.17) is 0 Å². The van der Waals surface area contributed by atoms with Crippen LogP contribution in [0.3, 0.4) is 0 Å². The van der Waals surface area contributed by atoms with Gasteiger partial charge in [-0.3, -0.25) is 0 Å². The van der Waals surface area contributed by atoms with Crippen LogP contribution in [-0.2, 0) is 0 Å². The first-order valence-corrected chi connectivity index (χ1v) is 3.35. The van der Waals surface area contributed by atoms with Gasteiger partial charge in [0.15, 0.2) is 0 Å². The zero-order valence-corrected chi connectivity index (χ0v) is 6.45. The summed E-state index contributed by atoms with van der Waals surface area (Å²) >= 11 is 2.79. The molecule has 1 rings (SSSR count). The van der Waals surface area contributed by atoms with Crippen molar-refractivity contribution in [2.45, 2.75) is 0 Å². The molecule has 0 amide bonds. The van der Waals surface area contributed by atoms with Crippen LogP contribution in [0.4, 0.5) is 14.5 Å². The van der Waals surface area contributed by atoms with Gasteiger partial charge in [-0.05, 0) is 12.1 Å².